The van der Waals surface area contributed by atoms with Gasteiger partial charge in [-0.15, -0.1) is 0 Å². The SMILES string of the molecule is FC1=CC(c2ccccc2)=C[C@H](F)[C@@]1(F)Br. The first-order valence-electron chi connectivity index (χ1n) is 4.68. The van der Waals surface area contributed by atoms with Crippen molar-refractivity contribution in [3.63, 3.8) is 0 Å². The van der Waals surface area contributed by atoms with Crippen LogP contribution in [0.2, 0.25) is 0 Å². The molecule has 0 saturated heterocycles. The van der Waals surface area contributed by atoms with E-state index in [9.17, 15) is 13.2 Å². The summed E-state index contributed by atoms with van der Waals surface area (Å²) in [6, 6.07) is 8.72. The molecular formula is C12H8BrF3. The molecule has 0 heterocycles. The fourth-order valence-electron chi connectivity index (χ4n) is 1.49. The first-order valence-corrected chi connectivity index (χ1v) is 5.48. The van der Waals surface area contributed by atoms with Crippen LogP contribution in [0.5, 0.6) is 0 Å². The standard InChI is InChI=1S/C12H8BrF3/c13-12(16)10(14)6-9(7-11(12)15)8-4-2-1-3-5-8/h1-7,10H/t10-,12-/m0/s1. The zero-order valence-electron chi connectivity index (χ0n) is 8.13. The predicted molar refractivity (Wildman–Crippen MR) is 61.3 cm³/mol. The highest BCUT2D eigenvalue weighted by Crippen LogP contribution is 2.42. The largest absolute Gasteiger partial charge is 0.250 e. The van der Waals surface area contributed by atoms with Crippen LogP contribution >= 0.6 is 15.9 Å². The van der Waals surface area contributed by atoms with Gasteiger partial charge >= 0.3 is 0 Å². The third-order valence-corrected chi connectivity index (χ3v) is 3.20. The monoisotopic (exact) mass is 288 g/mol. The molecule has 0 fully saturated rings. The van der Waals surface area contributed by atoms with E-state index in [1.807, 2.05) is 0 Å². The first kappa shape index (κ1) is 11.5. The Morgan fingerprint density at radius 3 is 2.38 bits per heavy atom. The van der Waals surface area contributed by atoms with E-state index in [0.717, 1.165) is 12.2 Å². The van der Waals surface area contributed by atoms with Gasteiger partial charge in [-0.1, -0.05) is 30.3 Å². The second-order valence-corrected chi connectivity index (χ2v) is 4.66. The van der Waals surface area contributed by atoms with Gasteiger partial charge in [0.05, 0.1) is 0 Å². The minimum Gasteiger partial charge on any atom is -0.238 e. The van der Waals surface area contributed by atoms with E-state index in [0.29, 0.717) is 11.1 Å². The average Bonchev–Trinajstić information content (AvgIpc) is 2.27. The maximum absolute atomic E-state index is 13.4. The van der Waals surface area contributed by atoms with Crippen LogP contribution in [0.4, 0.5) is 13.2 Å². The predicted octanol–water partition coefficient (Wildman–Crippen LogP) is 4.34. The van der Waals surface area contributed by atoms with E-state index in [4.69, 9.17) is 0 Å². The van der Waals surface area contributed by atoms with Crippen LogP contribution in [0.25, 0.3) is 5.57 Å². The maximum atomic E-state index is 13.4. The van der Waals surface area contributed by atoms with Crippen molar-refractivity contribution in [1.29, 1.82) is 0 Å². The van der Waals surface area contributed by atoms with E-state index in [1.165, 1.54) is 0 Å². The summed E-state index contributed by atoms with van der Waals surface area (Å²) >= 11 is 2.39. The molecule has 0 N–H and O–H groups in total. The summed E-state index contributed by atoms with van der Waals surface area (Å²) in [4.78, 5) is 0. The summed E-state index contributed by atoms with van der Waals surface area (Å²) in [5, 5.41) is 0. The number of benzene rings is 1. The normalized spacial score (nSPS) is 29.6. The van der Waals surface area contributed by atoms with Gasteiger partial charge in [-0.2, -0.15) is 0 Å². The van der Waals surface area contributed by atoms with Crippen molar-refractivity contribution in [2.75, 3.05) is 0 Å². The molecule has 0 aromatic heterocycles. The lowest BCUT2D eigenvalue weighted by molar-refractivity contribution is 0.183. The molecule has 0 aliphatic heterocycles. The Hall–Kier alpha value is -1.03. The van der Waals surface area contributed by atoms with Gasteiger partial charge in [0.25, 0.3) is 0 Å². The van der Waals surface area contributed by atoms with Crippen molar-refractivity contribution in [3.05, 3.63) is 53.9 Å². The van der Waals surface area contributed by atoms with Crippen LogP contribution in [0, 0.1) is 0 Å². The number of hydrogen-bond donors (Lipinski definition) is 0. The molecule has 1 aliphatic rings. The lowest BCUT2D eigenvalue weighted by Crippen LogP contribution is -2.29. The molecule has 0 nitrogen and oxygen atoms in total. The molecule has 0 saturated carbocycles. The van der Waals surface area contributed by atoms with Crippen molar-refractivity contribution in [1.82, 2.24) is 0 Å². The van der Waals surface area contributed by atoms with Crippen LogP contribution in [0.1, 0.15) is 5.56 Å². The molecule has 2 atom stereocenters. The lowest BCUT2D eigenvalue weighted by atomic mass is 9.97. The second kappa shape index (κ2) is 4.09. The summed E-state index contributed by atoms with van der Waals surface area (Å²) in [7, 11) is 0. The number of rotatable bonds is 1. The van der Waals surface area contributed by atoms with Crippen molar-refractivity contribution in [2.45, 2.75) is 10.7 Å². The average molecular weight is 289 g/mol. The van der Waals surface area contributed by atoms with E-state index in [-0.39, 0.29) is 0 Å². The lowest BCUT2D eigenvalue weighted by Gasteiger charge is -2.23. The second-order valence-electron chi connectivity index (χ2n) is 3.51. The number of halogens is 4. The van der Waals surface area contributed by atoms with Crippen LogP contribution in [-0.2, 0) is 0 Å². The van der Waals surface area contributed by atoms with Gasteiger partial charge in [0.15, 0.2) is 12.0 Å². The maximum Gasteiger partial charge on any atom is 0.250 e. The summed E-state index contributed by atoms with van der Waals surface area (Å²) in [5.41, 5.74) is 1.00. The molecular weight excluding hydrogens is 281 g/mol. The molecule has 0 radical (unpaired) electrons. The highest BCUT2D eigenvalue weighted by Gasteiger charge is 2.43. The summed E-state index contributed by atoms with van der Waals surface area (Å²) in [5.74, 6) is -1.15. The van der Waals surface area contributed by atoms with Crippen molar-refractivity contribution >= 4 is 21.5 Å². The molecule has 0 spiro atoms. The fraction of sp³-hybridized carbons (Fsp3) is 0.167. The van der Waals surface area contributed by atoms with Crippen LogP contribution < -0.4 is 0 Å². The molecule has 1 aromatic rings. The van der Waals surface area contributed by atoms with Crippen LogP contribution in [0.3, 0.4) is 0 Å². The first-order chi connectivity index (χ1) is 7.51. The third-order valence-electron chi connectivity index (χ3n) is 2.38. The Bertz CT molecular complexity index is 449. The fourth-order valence-corrected chi connectivity index (χ4v) is 1.73. The van der Waals surface area contributed by atoms with E-state index in [1.54, 1.807) is 30.3 Å². The van der Waals surface area contributed by atoms with Gasteiger partial charge in [0, 0.05) is 0 Å². The molecule has 0 bridgehead atoms. The summed E-state index contributed by atoms with van der Waals surface area (Å²) < 4.78 is 37.3. The highest BCUT2D eigenvalue weighted by atomic mass is 79.9. The molecule has 1 aliphatic carbocycles. The Labute approximate surface area is 99.6 Å². The third kappa shape index (κ3) is 1.94. The minimum atomic E-state index is -2.73. The van der Waals surface area contributed by atoms with Gasteiger partial charge in [-0.25, -0.2) is 13.2 Å². The van der Waals surface area contributed by atoms with E-state index >= 15 is 0 Å². The Kier molecular flexibility index (Phi) is 2.93. The summed E-state index contributed by atoms with van der Waals surface area (Å²) in [6.07, 6.45) is 0.0283. The molecule has 4 heteroatoms. The number of alkyl halides is 3. The van der Waals surface area contributed by atoms with Gasteiger partial charge < -0.3 is 0 Å². The zero-order valence-corrected chi connectivity index (χ0v) is 9.72. The zero-order chi connectivity index (χ0) is 11.8. The Balaban J connectivity index is 2.41. The van der Waals surface area contributed by atoms with E-state index < -0.39 is 16.6 Å². The van der Waals surface area contributed by atoms with Crippen molar-refractivity contribution < 1.29 is 13.2 Å². The van der Waals surface area contributed by atoms with Crippen LogP contribution in [-0.4, -0.2) is 10.7 Å². The number of allylic oxidation sites excluding steroid dienone is 4. The molecule has 0 unspecified atom stereocenters. The molecule has 0 amide bonds. The topological polar surface area (TPSA) is 0 Å². The quantitative estimate of drug-likeness (QED) is 0.675. The van der Waals surface area contributed by atoms with Gasteiger partial charge in [-0.05, 0) is 39.2 Å². The van der Waals surface area contributed by atoms with Crippen LogP contribution in [0.15, 0.2) is 48.3 Å². The van der Waals surface area contributed by atoms with Gasteiger partial charge in [0.2, 0.25) is 4.58 Å². The number of hydrogen-bond acceptors (Lipinski definition) is 0. The highest BCUT2D eigenvalue weighted by molar-refractivity contribution is 9.10. The van der Waals surface area contributed by atoms with Crippen molar-refractivity contribution in [2.24, 2.45) is 0 Å². The Morgan fingerprint density at radius 1 is 1.19 bits per heavy atom. The minimum absolute atomic E-state index is 0.346. The van der Waals surface area contributed by atoms with Crippen molar-refractivity contribution in [3.8, 4) is 0 Å². The molecule has 1 aromatic carbocycles. The van der Waals surface area contributed by atoms with Gasteiger partial charge in [0.1, 0.15) is 0 Å². The molecule has 2 rings (SSSR count). The summed E-state index contributed by atoms with van der Waals surface area (Å²) in [6.45, 7) is 0. The van der Waals surface area contributed by atoms with Gasteiger partial charge in [-0.3, -0.25) is 0 Å². The Morgan fingerprint density at radius 2 is 1.81 bits per heavy atom. The smallest absolute Gasteiger partial charge is 0.238 e. The van der Waals surface area contributed by atoms with E-state index in [2.05, 4.69) is 15.9 Å². The molecule has 84 valence electrons. The molecule has 16 heavy (non-hydrogen) atoms.